The van der Waals surface area contributed by atoms with Gasteiger partial charge in [0.05, 0.1) is 5.88 Å². The second kappa shape index (κ2) is 5.02. The molecule has 1 aromatic heterocycles. The first kappa shape index (κ1) is 12.2. The molecule has 98 valence electrons. The van der Waals surface area contributed by atoms with Gasteiger partial charge in [0.2, 0.25) is 5.95 Å². The van der Waals surface area contributed by atoms with E-state index in [0.29, 0.717) is 18.0 Å². The third kappa shape index (κ3) is 2.19. The predicted molar refractivity (Wildman–Crippen MR) is 73.0 cm³/mol. The smallest absolute Gasteiger partial charge is 0.225 e. The zero-order chi connectivity index (χ0) is 12.5. The van der Waals surface area contributed by atoms with Crippen LogP contribution in [0.25, 0.3) is 0 Å². The van der Waals surface area contributed by atoms with Gasteiger partial charge in [-0.3, -0.25) is 4.90 Å². The molecule has 0 saturated carbocycles. The molecule has 2 aliphatic heterocycles. The van der Waals surface area contributed by atoms with Crippen molar-refractivity contribution < 1.29 is 0 Å². The molecule has 0 spiro atoms. The molecular formula is C13H19ClN4. The van der Waals surface area contributed by atoms with Crippen LogP contribution in [0.2, 0.25) is 0 Å². The molecule has 18 heavy (non-hydrogen) atoms. The number of aromatic nitrogens is 2. The average Bonchev–Trinajstić information content (AvgIpc) is 2.85. The van der Waals surface area contributed by atoms with Crippen LogP contribution in [-0.2, 0) is 5.88 Å². The van der Waals surface area contributed by atoms with Crippen molar-refractivity contribution in [2.24, 2.45) is 0 Å². The Balaban J connectivity index is 1.77. The first-order valence-corrected chi connectivity index (χ1v) is 7.19. The van der Waals surface area contributed by atoms with Gasteiger partial charge in [-0.25, -0.2) is 9.97 Å². The Hall–Kier alpha value is -0.870. The van der Waals surface area contributed by atoms with E-state index in [2.05, 4.69) is 26.7 Å². The van der Waals surface area contributed by atoms with Crippen molar-refractivity contribution in [3.05, 3.63) is 18.0 Å². The number of rotatable bonds is 2. The van der Waals surface area contributed by atoms with Gasteiger partial charge in [0, 0.05) is 43.1 Å². The highest BCUT2D eigenvalue weighted by Gasteiger charge is 2.35. The number of hydrogen-bond acceptors (Lipinski definition) is 4. The van der Waals surface area contributed by atoms with Crippen LogP contribution in [0.5, 0.6) is 0 Å². The molecule has 0 amide bonds. The summed E-state index contributed by atoms with van der Waals surface area (Å²) in [4.78, 5) is 13.8. The SMILES string of the molecule is CC1CN2CCCC2CN1c1ncc(CCl)cn1. The highest BCUT2D eigenvalue weighted by atomic mass is 35.5. The molecule has 0 aliphatic carbocycles. The Morgan fingerprint density at radius 3 is 2.83 bits per heavy atom. The molecule has 2 aliphatic rings. The summed E-state index contributed by atoms with van der Waals surface area (Å²) in [7, 11) is 0. The monoisotopic (exact) mass is 266 g/mol. The molecule has 5 heteroatoms. The molecule has 2 saturated heterocycles. The average molecular weight is 267 g/mol. The molecule has 4 nitrogen and oxygen atoms in total. The highest BCUT2D eigenvalue weighted by Crippen LogP contribution is 2.26. The quantitative estimate of drug-likeness (QED) is 0.766. The Bertz CT molecular complexity index is 408. The van der Waals surface area contributed by atoms with Crippen LogP contribution >= 0.6 is 11.6 Å². The second-order valence-electron chi connectivity index (χ2n) is 5.32. The van der Waals surface area contributed by atoms with E-state index in [9.17, 15) is 0 Å². The molecule has 0 bridgehead atoms. The van der Waals surface area contributed by atoms with Crippen molar-refractivity contribution in [2.45, 2.75) is 37.7 Å². The molecule has 2 unspecified atom stereocenters. The molecule has 0 N–H and O–H groups in total. The highest BCUT2D eigenvalue weighted by molar-refractivity contribution is 6.17. The van der Waals surface area contributed by atoms with Gasteiger partial charge in [0.1, 0.15) is 0 Å². The zero-order valence-corrected chi connectivity index (χ0v) is 11.5. The number of hydrogen-bond donors (Lipinski definition) is 0. The van der Waals surface area contributed by atoms with E-state index in [4.69, 9.17) is 11.6 Å². The van der Waals surface area contributed by atoms with E-state index >= 15 is 0 Å². The lowest BCUT2D eigenvalue weighted by Gasteiger charge is -2.42. The van der Waals surface area contributed by atoms with Gasteiger partial charge in [-0.1, -0.05) is 0 Å². The summed E-state index contributed by atoms with van der Waals surface area (Å²) in [6, 6.07) is 1.18. The fourth-order valence-corrected chi connectivity index (χ4v) is 3.17. The Morgan fingerprint density at radius 2 is 2.11 bits per heavy atom. The van der Waals surface area contributed by atoms with E-state index < -0.39 is 0 Å². The fourth-order valence-electron chi connectivity index (χ4n) is 3.03. The zero-order valence-electron chi connectivity index (χ0n) is 10.7. The lowest BCUT2D eigenvalue weighted by atomic mass is 10.1. The molecular weight excluding hydrogens is 248 g/mol. The van der Waals surface area contributed by atoms with Gasteiger partial charge in [-0.05, 0) is 26.3 Å². The van der Waals surface area contributed by atoms with E-state index in [1.807, 2.05) is 12.4 Å². The van der Waals surface area contributed by atoms with Crippen LogP contribution < -0.4 is 4.90 Å². The summed E-state index contributed by atoms with van der Waals surface area (Å²) in [5.41, 5.74) is 0.979. The molecule has 0 radical (unpaired) electrons. The molecule has 2 atom stereocenters. The van der Waals surface area contributed by atoms with Gasteiger partial charge < -0.3 is 4.90 Å². The normalized spacial score (nSPS) is 28.4. The van der Waals surface area contributed by atoms with E-state index in [0.717, 1.165) is 24.6 Å². The lowest BCUT2D eigenvalue weighted by Crippen LogP contribution is -2.55. The summed E-state index contributed by atoms with van der Waals surface area (Å²) in [5, 5.41) is 0. The fraction of sp³-hybridized carbons (Fsp3) is 0.692. The number of piperazine rings is 1. The summed E-state index contributed by atoms with van der Waals surface area (Å²) in [6.07, 6.45) is 6.31. The van der Waals surface area contributed by atoms with Gasteiger partial charge in [0.15, 0.2) is 0 Å². The maximum absolute atomic E-state index is 5.77. The minimum atomic E-state index is 0.478. The second-order valence-corrected chi connectivity index (χ2v) is 5.58. The lowest BCUT2D eigenvalue weighted by molar-refractivity contribution is 0.201. The van der Waals surface area contributed by atoms with Gasteiger partial charge in [-0.2, -0.15) is 0 Å². The molecule has 1 aromatic rings. The van der Waals surface area contributed by atoms with Gasteiger partial charge >= 0.3 is 0 Å². The summed E-state index contributed by atoms with van der Waals surface area (Å²) >= 11 is 5.77. The van der Waals surface area contributed by atoms with Crippen LogP contribution in [0.4, 0.5) is 5.95 Å². The van der Waals surface area contributed by atoms with Crippen molar-refractivity contribution in [2.75, 3.05) is 24.5 Å². The number of fused-ring (bicyclic) bond motifs is 1. The summed E-state index contributed by atoms with van der Waals surface area (Å²) in [5.74, 6) is 1.33. The Kier molecular flexibility index (Phi) is 3.39. The Labute approximate surface area is 113 Å². The number of nitrogens with zero attached hydrogens (tertiary/aromatic N) is 4. The summed E-state index contributed by atoms with van der Waals surface area (Å²) < 4.78 is 0. The van der Waals surface area contributed by atoms with Gasteiger partial charge in [0.25, 0.3) is 0 Å². The van der Waals surface area contributed by atoms with Crippen molar-refractivity contribution in [3.8, 4) is 0 Å². The Morgan fingerprint density at radius 1 is 1.33 bits per heavy atom. The van der Waals surface area contributed by atoms with Crippen LogP contribution in [0, 0.1) is 0 Å². The predicted octanol–water partition coefficient (Wildman–Crippen LogP) is 1.89. The van der Waals surface area contributed by atoms with Crippen LogP contribution in [-0.4, -0.2) is 46.6 Å². The maximum Gasteiger partial charge on any atom is 0.225 e. The van der Waals surface area contributed by atoms with Crippen molar-refractivity contribution in [3.63, 3.8) is 0 Å². The third-order valence-electron chi connectivity index (χ3n) is 4.04. The molecule has 2 fully saturated rings. The summed E-state index contributed by atoms with van der Waals surface area (Å²) in [6.45, 7) is 5.70. The number of halogens is 1. The minimum Gasteiger partial charge on any atom is -0.335 e. The van der Waals surface area contributed by atoms with Crippen LogP contribution in [0.1, 0.15) is 25.3 Å². The van der Waals surface area contributed by atoms with E-state index in [1.54, 1.807) is 0 Å². The van der Waals surface area contributed by atoms with Crippen molar-refractivity contribution in [1.29, 1.82) is 0 Å². The third-order valence-corrected chi connectivity index (χ3v) is 4.35. The van der Waals surface area contributed by atoms with Crippen molar-refractivity contribution >= 4 is 17.5 Å². The van der Waals surface area contributed by atoms with Crippen LogP contribution in [0.3, 0.4) is 0 Å². The van der Waals surface area contributed by atoms with E-state index in [1.165, 1.54) is 19.4 Å². The first-order valence-electron chi connectivity index (χ1n) is 6.65. The maximum atomic E-state index is 5.77. The standard InChI is InChI=1S/C13H19ClN4/c1-10-8-17-4-2-3-12(17)9-18(10)13-15-6-11(5-14)7-16-13/h6-7,10,12H,2-5,8-9H2,1H3. The minimum absolute atomic E-state index is 0.478. The topological polar surface area (TPSA) is 32.3 Å². The van der Waals surface area contributed by atoms with Gasteiger partial charge in [-0.15, -0.1) is 11.6 Å². The molecule has 3 heterocycles. The number of alkyl halides is 1. The first-order chi connectivity index (χ1) is 8.78. The molecule has 3 rings (SSSR count). The van der Waals surface area contributed by atoms with Crippen LogP contribution in [0.15, 0.2) is 12.4 Å². The molecule has 0 aromatic carbocycles. The largest absolute Gasteiger partial charge is 0.335 e. The van der Waals surface area contributed by atoms with Crippen molar-refractivity contribution in [1.82, 2.24) is 14.9 Å². The number of anilines is 1. The van der Waals surface area contributed by atoms with E-state index in [-0.39, 0.29) is 0 Å².